The lowest BCUT2D eigenvalue weighted by Crippen LogP contribution is -2.51. The molecule has 1 heteroatoms. The van der Waals surface area contributed by atoms with Crippen LogP contribution in [0.15, 0.2) is 23.8 Å². The van der Waals surface area contributed by atoms with Crippen molar-refractivity contribution in [1.29, 1.82) is 0 Å². The summed E-state index contributed by atoms with van der Waals surface area (Å²) in [6.45, 7) is 19.4. The van der Waals surface area contributed by atoms with E-state index in [1.165, 1.54) is 57.8 Å². The first-order valence-electron chi connectivity index (χ1n) is 14.6. The van der Waals surface area contributed by atoms with Gasteiger partial charge in [-0.25, -0.2) is 0 Å². The standard InChI is InChI=1S/C32H54O/c1-9-24(21(2)3)11-10-23(6)28-14-15-29-27-13-12-25-20-26(33-22(4)5)16-18-31(25,7)30(27)17-19-32(28,29)8/h10-12,21-24,26-30H,9,13-20H2,1-8H3/b11-10+/t23?,24-,26+,27+,28-,29+,30+,31+,32-/m1/s1. The van der Waals surface area contributed by atoms with Crippen LogP contribution in [0.4, 0.5) is 0 Å². The predicted molar refractivity (Wildman–Crippen MR) is 142 cm³/mol. The van der Waals surface area contributed by atoms with E-state index in [2.05, 4.69) is 73.6 Å². The first kappa shape index (κ1) is 25.5. The van der Waals surface area contributed by atoms with Gasteiger partial charge in [0, 0.05) is 0 Å². The Morgan fingerprint density at radius 2 is 1.73 bits per heavy atom. The van der Waals surface area contributed by atoms with Crippen LogP contribution in [0.2, 0.25) is 0 Å². The summed E-state index contributed by atoms with van der Waals surface area (Å²) in [6.07, 6.45) is 20.9. The SMILES string of the molecule is CC[C@H](/C=C/C(C)[C@H]1CC[C@H]2[C@@H]3CC=C4C[C@@H](OC(C)C)CC[C@]4(C)[C@H]3CC[C@]12C)C(C)C. The summed E-state index contributed by atoms with van der Waals surface area (Å²) in [7, 11) is 0. The summed E-state index contributed by atoms with van der Waals surface area (Å²) >= 11 is 0. The Balaban J connectivity index is 1.49. The normalized spacial score (nSPS) is 42.7. The molecule has 0 aromatic heterocycles. The second-order valence-electron chi connectivity index (χ2n) is 13.6. The van der Waals surface area contributed by atoms with Crippen molar-refractivity contribution >= 4 is 0 Å². The fourth-order valence-electron chi connectivity index (χ4n) is 9.31. The maximum Gasteiger partial charge on any atom is 0.0616 e. The molecule has 33 heavy (non-hydrogen) atoms. The fourth-order valence-corrected chi connectivity index (χ4v) is 9.31. The zero-order chi connectivity index (χ0) is 24.0. The van der Waals surface area contributed by atoms with Crippen molar-refractivity contribution in [3.8, 4) is 0 Å². The van der Waals surface area contributed by atoms with Crippen LogP contribution in [0.1, 0.15) is 113 Å². The smallest absolute Gasteiger partial charge is 0.0616 e. The molecule has 0 N–H and O–H groups in total. The molecular weight excluding hydrogens is 400 g/mol. The first-order valence-corrected chi connectivity index (χ1v) is 14.6. The van der Waals surface area contributed by atoms with Gasteiger partial charge in [-0.15, -0.1) is 0 Å². The predicted octanol–water partition coefficient (Wildman–Crippen LogP) is 9.23. The van der Waals surface area contributed by atoms with Crippen LogP contribution in [-0.2, 0) is 4.74 Å². The molecule has 0 saturated heterocycles. The van der Waals surface area contributed by atoms with E-state index in [1.807, 2.05) is 0 Å². The van der Waals surface area contributed by atoms with E-state index in [0.717, 1.165) is 41.4 Å². The van der Waals surface area contributed by atoms with Gasteiger partial charge in [0.15, 0.2) is 0 Å². The molecule has 1 nitrogen and oxygen atoms in total. The highest BCUT2D eigenvalue weighted by Crippen LogP contribution is 2.67. The first-order chi connectivity index (χ1) is 15.6. The van der Waals surface area contributed by atoms with Crippen molar-refractivity contribution in [2.75, 3.05) is 0 Å². The Morgan fingerprint density at radius 1 is 0.970 bits per heavy atom. The third-order valence-corrected chi connectivity index (χ3v) is 11.2. The summed E-state index contributed by atoms with van der Waals surface area (Å²) in [5, 5.41) is 0. The van der Waals surface area contributed by atoms with Crippen LogP contribution in [0, 0.1) is 52.3 Å². The molecule has 0 amide bonds. The monoisotopic (exact) mass is 454 g/mol. The van der Waals surface area contributed by atoms with Crippen LogP contribution in [-0.4, -0.2) is 12.2 Å². The van der Waals surface area contributed by atoms with Crippen molar-refractivity contribution in [2.45, 2.75) is 125 Å². The quantitative estimate of drug-likeness (QED) is 0.348. The molecule has 3 fully saturated rings. The second-order valence-corrected chi connectivity index (χ2v) is 13.6. The van der Waals surface area contributed by atoms with Gasteiger partial charge in [0.2, 0.25) is 0 Å². The molecule has 0 aromatic rings. The molecule has 0 heterocycles. The largest absolute Gasteiger partial charge is 0.375 e. The lowest BCUT2D eigenvalue weighted by molar-refractivity contribution is -0.0687. The number of ether oxygens (including phenoxy) is 1. The van der Waals surface area contributed by atoms with E-state index >= 15 is 0 Å². The minimum atomic E-state index is 0.353. The number of allylic oxidation sites excluding steroid dienone is 3. The molecular formula is C32H54O. The number of hydrogen-bond donors (Lipinski definition) is 0. The third-order valence-electron chi connectivity index (χ3n) is 11.2. The fraction of sp³-hybridized carbons (Fsp3) is 0.875. The number of rotatable bonds is 7. The van der Waals surface area contributed by atoms with Crippen LogP contribution in [0.25, 0.3) is 0 Å². The molecule has 0 bridgehead atoms. The minimum Gasteiger partial charge on any atom is -0.375 e. The Morgan fingerprint density at radius 3 is 2.39 bits per heavy atom. The average Bonchev–Trinajstić information content (AvgIpc) is 3.11. The molecule has 1 unspecified atom stereocenters. The van der Waals surface area contributed by atoms with Crippen molar-refractivity contribution in [3.63, 3.8) is 0 Å². The van der Waals surface area contributed by atoms with Crippen LogP contribution < -0.4 is 0 Å². The Hall–Kier alpha value is -0.560. The molecule has 4 rings (SSSR count). The Bertz CT molecular complexity index is 731. The average molecular weight is 455 g/mol. The van der Waals surface area contributed by atoms with Gasteiger partial charge in [0.1, 0.15) is 0 Å². The molecule has 0 aliphatic heterocycles. The Labute approximate surface area is 206 Å². The minimum absolute atomic E-state index is 0.353. The summed E-state index contributed by atoms with van der Waals surface area (Å²) in [6, 6.07) is 0. The van der Waals surface area contributed by atoms with E-state index in [-0.39, 0.29) is 0 Å². The van der Waals surface area contributed by atoms with Crippen LogP contribution in [0.5, 0.6) is 0 Å². The molecule has 4 aliphatic rings. The van der Waals surface area contributed by atoms with Crippen molar-refractivity contribution in [1.82, 2.24) is 0 Å². The summed E-state index contributed by atoms with van der Waals surface area (Å²) in [5.41, 5.74) is 2.75. The van der Waals surface area contributed by atoms with E-state index < -0.39 is 0 Å². The van der Waals surface area contributed by atoms with Crippen molar-refractivity contribution < 1.29 is 4.74 Å². The molecule has 3 saturated carbocycles. The molecule has 0 spiro atoms. The molecule has 9 atom stereocenters. The number of fused-ring (bicyclic) bond motifs is 5. The summed E-state index contributed by atoms with van der Waals surface area (Å²) in [4.78, 5) is 0. The summed E-state index contributed by atoms with van der Waals surface area (Å²) < 4.78 is 6.26. The second kappa shape index (κ2) is 9.83. The van der Waals surface area contributed by atoms with Gasteiger partial charge in [0.05, 0.1) is 12.2 Å². The van der Waals surface area contributed by atoms with Gasteiger partial charge in [-0.05, 0) is 124 Å². The van der Waals surface area contributed by atoms with E-state index in [4.69, 9.17) is 4.74 Å². The highest BCUT2D eigenvalue weighted by molar-refractivity contribution is 5.25. The van der Waals surface area contributed by atoms with Crippen LogP contribution in [0.3, 0.4) is 0 Å². The van der Waals surface area contributed by atoms with Gasteiger partial charge in [-0.2, -0.15) is 0 Å². The zero-order valence-electron chi connectivity index (χ0n) is 23.2. The molecule has 0 aromatic carbocycles. The Kier molecular flexibility index (Phi) is 7.60. The highest BCUT2D eigenvalue weighted by Gasteiger charge is 2.59. The lowest BCUT2D eigenvalue weighted by atomic mass is 9.47. The van der Waals surface area contributed by atoms with Gasteiger partial charge in [0.25, 0.3) is 0 Å². The van der Waals surface area contributed by atoms with Gasteiger partial charge >= 0.3 is 0 Å². The van der Waals surface area contributed by atoms with Crippen molar-refractivity contribution in [2.24, 2.45) is 52.3 Å². The van der Waals surface area contributed by atoms with E-state index in [0.29, 0.717) is 23.0 Å². The number of hydrogen-bond acceptors (Lipinski definition) is 1. The van der Waals surface area contributed by atoms with Gasteiger partial charge in [-0.3, -0.25) is 0 Å². The molecule has 0 radical (unpaired) electrons. The van der Waals surface area contributed by atoms with Crippen LogP contribution >= 0.6 is 0 Å². The maximum absolute atomic E-state index is 6.26. The zero-order valence-corrected chi connectivity index (χ0v) is 23.2. The van der Waals surface area contributed by atoms with E-state index in [1.54, 1.807) is 5.57 Å². The third kappa shape index (κ3) is 4.66. The topological polar surface area (TPSA) is 9.23 Å². The highest BCUT2D eigenvalue weighted by atomic mass is 16.5. The maximum atomic E-state index is 6.26. The lowest BCUT2D eigenvalue weighted by Gasteiger charge is -2.58. The van der Waals surface area contributed by atoms with E-state index in [9.17, 15) is 0 Å². The van der Waals surface area contributed by atoms with Gasteiger partial charge in [-0.1, -0.05) is 65.3 Å². The summed E-state index contributed by atoms with van der Waals surface area (Å²) in [5.74, 6) is 5.85. The molecule has 188 valence electrons. The van der Waals surface area contributed by atoms with Crippen molar-refractivity contribution in [3.05, 3.63) is 23.8 Å². The molecule has 4 aliphatic carbocycles. The van der Waals surface area contributed by atoms with Gasteiger partial charge < -0.3 is 4.74 Å².